The van der Waals surface area contributed by atoms with Crippen LogP contribution in [0.15, 0.2) is 12.7 Å². The zero-order valence-electron chi connectivity index (χ0n) is 28.0. The summed E-state index contributed by atoms with van der Waals surface area (Å²) in [6.45, 7) is -0.268. The first-order valence-electron chi connectivity index (χ1n) is 15.1. The predicted octanol–water partition coefficient (Wildman–Crippen LogP) is -4.39. The van der Waals surface area contributed by atoms with Crippen LogP contribution in [0.2, 0.25) is 0 Å². The number of phosphoric ester groups is 3. The van der Waals surface area contributed by atoms with E-state index in [1.165, 1.54) is 0 Å². The summed E-state index contributed by atoms with van der Waals surface area (Å²) < 4.78 is 60.2. The highest BCUT2D eigenvalue weighted by molar-refractivity contribution is 8.13. The predicted molar refractivity (Wildman–Crippen MR) is 170 cm³/mol. The van der Waals surface area contributed by atoms with E-state index in [-0.39, 0.29) is 42.2 Å². The molecule has 1 fully saturated rings. The third-order valence-electron chi connectivity index (χ3n) is 7.04. The Balaban J connectivity index is 1.51. The number of hydrogen-bond acceptors (Lipinski definition) is 23. The summed E-state index contributed by atoms with van der Waals surface area (Å²) in [5.74, 6) is -2.91. The Morgan fingerprint density at radius 2 is 1.74 bits per heavy atom. The summed E-state index contributed by atoms with van der Waals surface area (Å²) in [5.41, 5.74) is 3.99. The number of nitrogens with two attached hydrogens (primary N) is 1. The number of phosphoric acid groups is 3. The second-order valence-corrected chi connectivity index (χ2v) is 17.0. The Labute approximate surface area is 308 Å². The first kappa shape index (κ1) is 45.4. The Kier molecular flexibility index (Phi) is 15.8. The summed E-state index contributed by atoms with van der Waals surface area (Å²) >= 11 is 0.706. The molecule has 7 atom stereocenters. The number of nitrogens with zero attached hydrogens (tertiary/aromatic N) is 4. The van der Waals surface area contributed by atoms with Crippen LogP contribution < -0.4 is 35.9 Å². The molecule has 0 aromatic carbocycles. The van der Waals surface area contributed by atoms with Gasteiger partial charge in [-0.05, 0) is 0 Å². The number of imidazole rings is 1. The third kappa shape index (κ3) is 13.6. The minimum atomic E-state index is -5.93. The van der Waals surface area contributed by atoms with Gasteiger partial charge in [-0.2, -0.15) is 0 Å². The number of ether oxygens (including phenoxy) is 1. The fourth-order valence-corrected chi connectivity index (χ4v) is 7.84. The van der Waals surface area contributed by atoms with Gasteiger partial charge in [-0.1, -0.05) is 25.6 Å². The number of amides is 2. The monoisotopic (exact) mass is 849 g/mol. The number of carbonyl (C=O) groups excluding carboxylic acids is 3. The molecule has 1 aliphatic heterocycles. The first-order chi connectivity index (χ1) is 24.9. The molecular weight excluding hydrogens is 815 g/mol. The van der Waals surface area contributed by atoms with E-state index in [0.29, 0.717) is 11.8 Å². The molecule has 26 nitrogen and oxygen atoms in total. The van der Waals surface area contributed by atoms with Gasteiger partial charge in [-0.25, -0.2) is 19.3 Å². The van der Waals surface area contributed by atoms with Crippen LogP contribution in [0, 0.1) is 5.41 Å². The van der Waals surface area contributed by atoms with Crippen molar-refractivity contribution in [2.75, 3.05) is 37.8 Å². The second-order valence-electron chi connectivity index (χ2n) is 11.8. The van der Waals surface area contributed by atoms with E-state index < -0.39 is 102 Å². The maximum absolute atomic E-state index is 12.5. The smallest absolute Gasteiger partial charge is 0.311 e. The number of aliphatic carboxylic acids is 1. The molecule has 30 heteroatoms. The van der Waals surface area contributed by atoms with E-state index >= 15 is 0 Å². The lowest BCUT2D eigenvalue weighted by atomic mass is 9.87. The lowest BCUT2D eigenvalue weighted by Gasteiger charge is -2.36. The zero-order chi connectivity index (χ0) is 40.6. The van der Waals surface area contributed by atoms with Gasteiger partial charge in [-0.15, -0.1) is 0 Å². The van der Waals surface area contributed by atoms with Crippen LogP contribution in [0.5, 0.6) is 0 Å². The Bertz CT molecular complexity index is 1830. The number of hydrogen-bond donors (Lipinski definition) is 6. The molecule has 0 aliphatic carbocycles. The van der Waals surface area contributed by atoms with Gasteiger partial charge in [0.25, 0.3) is 15.6 Å². The van der Waals surface area contributed by atoms with Crippen LogP contribution in [0.25, 0.3) is 11.2 Å². The van der Waals surface area contributed by atoms with Gasteiger partial charge in [0.15, 0.2) is 22.8 Å². The molecule has 3 rings (SSSR count). The van der Waals surface area contributed by atoms with E-state index in [1.807, 2.05) is 0 Å². The third-order valence-corrected chi connectivity index (χ3v) is 10.9. The molecule has 2 aromatic rings. The average Bonchev–Trinajstić information content (AvgIpc) is 3.60. The highest BCUT2D eigenvalue weighted by atomic mass is 32.2. The number of anilines is 1. The maximum Gasteiger partial charge on any atom is 0.311 e. The topological polar surface area (TPSA) is 412 Å². The molecule has 1 saturated heterocycles. The van der Waals surface area contributed by atoms with Crippen LogP contribution in [0.1, 0.15) is 32.9 Å². The van der Waals surface area contributed by atoms with E-state index in [1.54, 1.807) is 0 Å². The molecule has 3 unspecified atom stereocenters. The zero-order valence-corrected chi connectivity index (χ0v) is 31.5. The summed E-state index contributed by atoms with van der Waals surface area (Å²) in [6, 6.07) is 0. The number of rotatable bonds is 21. The van der Waals surface area contributed by atoms with E-state index in [2.05, 4.69) is 43.5 Å². The second kappa shape index (κ2) is 18.8. The van der Waals surface area contributed by atoms with Crippen LogP contribution >= 0.6 is 35.2 Å². The number of nitrogens with one attached hydrogen (secondary N) is 2. The first-order valence-corrected chi connectivity index (χ1v) is 20.5. The van der Waals surface area contributed by atoms with Gasteiger partial charge in [0.1, 0.15) is 42.7 Å². The molecule has 0 saturated carbocycles. The minimum Gasteiger partial charge on any atom is -0.790 e. The minimum absolute atomic E-state index is 0.0176. The lowest BCUT2D eigenvalue weighted by molar-refractivity contribution is -0.347. The van der Waals surface area contributed by atoms with E-state index in [0.717, 1.165) is 31.1 Å². The van der Waals surface area contributed by atoms with Gasteiger partial charge < -0.3 is 74.1 Å². The Morgan fingerprint density at radius 3 is 2.39 bits per heavy atom. The van der Waals surface area contributed by atoms with Crippen molar-refractivity contribution in [1.29, 1.82) is 0 Å². The summed E-state index contributed by atoms with van der Waals surface area (Å²) in [4.78, 5) is 105. The number of carbonyl (C=O) groups is 4. The SMILES string of the molecule is CC(C)(COP(=O)([O-])OP(=O)([O-])OC[C@H]1O[C@@H](n2cnc3c(N)ncnc32)C(O)[C@H]1OP(=O)([O-])[O-])[C@H](O)C(=O)NCCC(=O)NCCSC(=O)CC(=O)O. The molecule has 54 heavy (non-hydrogen) atoms. The quantitative estimate of drug-likeness (QED) is 0.0392. The molecule has 2 aromatic heterocycles. The molecule has 0 radical (unpaired) electrons. The standard InChI is InChI=1S/C24H38N7O19P3S/c1-24(2,19(37)22(38)27-4-3-13(32)26-5-6-54-15(35)7-14(33)34)9-47-53(44,45)50-52(42,43)46-8-12-18(49-51(39,40)41)17(36)23(48-12)31-11-30-16-20(25)28-10-29-21(16)31/h10-12,17-19,23,36-37H,3-9H2,1-2H3,(H,26,32)(H,27,38)(H,33,34)(H,42,43)(H,44,45)(H2,25,28,29)(H2,39,40,41)/p-4/t12-,17?,18+,19-,23-/m1/s1. The van der Waals surface area contributed by atoms with Crippen LogP contribution in [0.3, 0.4) is 0 Å². The van der Waals surface area contributed by atoms with Crippen molar-refractivity contribution in [3.8, 4) is 0 Å². The molecule has 3 heterocycles. The van der Waals surface area contributed by atoms with Crippen molar-refractivity contribution in [2.24, 2.45) is 5.41 Å². The number of aromatic nitrogens is 4. The van der Waals surface area contributed by atoms with Gasteiger partial charge in [0.2, 0.25) is 11.8 Å². The van der Waals surface area contributed by atoms with Crippen molar-refractivity contribution < 1.29 is 90.4 Å². The number of carboxylic acids is 1. The number of aliphatic hydroxyl groups is 2. The van der Waals surface area contributed by atoms with Crippen LogP contribution in [-0.2, 0) is 55.5 Å². The maximum atomic E-state index is 12.5. The van der Waals surface area contributed by atoms with E-state index in [4.69, 9.17) is 15.6 Å². The van der Waals surface area contributed by atoms with Gasteiger partial charge in [-0.3, -0.25) is 32.9 Å². The molecule has 1 aliphatic rings. The molecule has 304 valence electrons. The van der Waals surface area contributed by atoms with Crippen molar-refractivity contribution in [2.45, 2.75) is 57.3 Å². The fraction of sp³-hybridized carbons (Fsp3) is 0.625. The number of carboxylic acid groups (broad SMARTS) is 1. The fourth-order valence-electron chi connectivity index (χ4n) is 4.45. The Morgan fingerprint density at radius 1 is 1.07 bits per heavy atom. The molecule has 7 N–H and O–H groups in total. The molecular formula is C24H34N7O19P3S-4. The summed E-state index contributed by atoms with van der Waals surface area (Å²) in [6.07, 6.45) is -8.46. The number of nitrogen functional groups attached to an aromatic ring is 1. The van der Waals surface area contributed by atoms with Gasteiger partial charge in [0, 0.05) is 30.7 Å². The molecule has 0 bridgehead atoms. The highest BCUT2D eigenvalue weighted by Gasteiger charge is 2.47. The number of fused-ring (bicyclic) bond motifs is 1. The number of aliphatic hydroxyl groups excluding tert-OH is 2. The summed E-state index contributed by atoms with van der Waals surface area (Å²) in [7, 11) is -17.6. The largest absolute Gasteiger partial charge is 0.790 e. The van der Waals surface area contributed by atoms with Crippen molar-refractivity contribution in [3.05, 3.63) is 12.7 Å². The average molecular weight is 850 g/mol. The van der Waals surface area contributed by atoms with Crippen LogP contribution in [-0.4, -0.2) is 114 Å². The normalized spacial score (nSPS) is 21.9. The van der Waals surface area contributed by atoms with Crippen molar-refractivity contribution in [3.63, 3.8) is 0 Å². The Hall–Kier alpha value is -2.97. The molecule has 0 spiro atoms. The van der Waals surface area contributed by atoms with Crippen molar-refractivity contribution >= 4 is 75.1 Å². The van der Waals surface area contributed by atoms with Crippen molar-refractivity contribution in [1.82, 2.24) is 30.2 Å². The number of thioether (sulfide) groups is 1. The van der Waals surface area contributed by atoms with Crippen LogP contribution in [0.4, 0.5) is 5.82 Å². The highest BCUT2D eigenvalue weighted by Crippen LogP contribution is 2.56. The summed E-state index contributed by atoms with van der Waals surface area (Å²) in [5, 5.41) is 33.8. The van der Waals surface area contributed by atoms with Gasteiger partial charge >= 0.3 is 5.97 Å². The molecule has 2 amide bonds. The lowest BCUT2D eigenvalue weighted by Crippen LogP contribution is -2.46. The van der Waals surface area contributed by atoms with Gasteiger partial charge in [0.05, 0.1) is 27.4 Å². The van der Waals surface area contributed by atoms with E-state index in [9.17, 15) is 62.7 Å².